The Morgan fingerprint density at radius 2 is 1.02 bits per heavy atom. The van der Waals surface area contributed by atoms with Crippen molar-refractivity contribution >= 4 is 34.3 Å². The van der Waals surface area contributed by atoms with E-state index in [0.29, 0.717) is 17.9 Å². The molecule has 0 unspecified atom stereocenters. The first-order valence-corrected chi connectivity index (χ1v) is 14.7. The van der Waals surface area contributed by atoms with Crippen molar-refractivity contribution in [3.05, 3.63) is 143 Å². The summed E-state index contributed by atoms with van der Waals surface area (Å²) in [5.74, 6) is 3.38. The fourth-order valence-electron chi connectivity index (χ4n) is 6.41. The van der Waals surface area contributed by atoms with Crippen LogP contribution in [0.1, 0.15) is 51.7 Å². The molecule has 6 aromatic rings. The normalized spacial score (nSPS) is 15.6. The van der Waals surface area contributed by atoms with Gasteiger partial charge in [-0.05, 0) is 48.2 Å². The van der Waals surface area contributed by atoms with E-state index < -0.39 is 0 Å². The molecule has 0 saturated carbocycles. The minimum atomic E-state index is 0. The maximum atomic E-state index is 6.22. The van der Waals surface area contributed by atoms with Gasteiger partial charge in [0.1, 0.15) is 22.7 Å². The molecule has 4 nitrogen and oxygen atoms in total. The number of nitrogens with one attached hydrogen (secondary N) is 1. The summed E-state index contributed by atoms with van der Waals surface area (Å²) >= 11 is 0. The Bertz CT molecular complexity index is 1730. The van der Waals surface area contributed by atoms with E-state index in [9.17, 15) is 0 Å². The zero-order valence-electron chi connectivity index (χ0n) is 24.1. The highest BCUT2D eigenvalue weighted by Crippen LogP contribution is 2.41. The van der Waals surface area contributed by atoms with Crippen molar-refractivity contribution in [2.75, 3.05) is 26.2 Å². The highest BCUT2D eigenvalue weighted by atomic mass is 35.5. The Kier molecular flexibility index (Phi) is 8.21. The van der Waals surface area contributed by atoms with Crippen molar-refractivity contribution in [3.8, 4) is 0 Å². The Labute approximate surface area is 253 Å². The number of rotatable bonds is 5. The van der Waals surface area contributed by atoms with Gasteiger partial charge in [0.05, 0.1) is 6.04 Å². The molecule has 0 aliphatic carbocycles. The van der Waals surface area contributed by atoms with Gasteiger partial charge in [0.2, 0.25) is 0 Å². The molecule has 0 spiro atoms. The van der Waals surface area contributed by atoms with E-state index in [1.807, 2.05) is 18.2 Å². The van der Waals surface area contributed by atoms with Gasteiger partial charge in [-0.2, -0.15) is 0 Å². The second-order valence-corrected chi connectivity index (χ2v) is 11.4. The van der Waals surface area contributed by atoms with Crippen molar-refractivity contribution in [2.24, 2.45) is 0 Å². The van der Waals surface area contributed by atoms with E-state index in [1.54, 1.807) is 0 Å². The van der Waals surface area contributed by atoms with Crippen molar-refractivity contribution in [1.29, 1.82) is 0 Å². The van der Waals surface area contributed by atoms with Crippen LogP contribution in [-0.4, -0.2) is 31.1 Å². The maximum absolute atomic E-state index is 6.22. The smallest absolute Gasteiger partial charge is 0.134 e. The summed E-state index contributed by atoms with van der Waals surface area (Å²) in [6.45, 7) is 8.50. The molecule has 8 rings (SSSR count). The Balaban J connectivity index is 0.000000177. The second kappa shape index (κ2) is 12.2. The van der Waals surface area contributed by atoms with Crippen LogP contribution in [0.2, 0.25) is 0 Å². The molecule has 0 bridgehead atoms. The summed E-state index contributed by atoms with van der Waals surface area (Å²) in [6, 6.07) is 38.5. The number of para-hydroxylation sites is 2. The first-order valence-electron chi connectivity index (χ1n) is 14.7. The van der Waals surface area contributed by atoms with Gasteiger partial charge in [-0.15, -0.1) is 12.4 Å². The van der Waals surface area contributed by atoms with Crippen LogP contribution in [0.5, 0.6) is 0 Å². The van der Waals surface area contributed by atoms with E-state index in [4.69, 9.17) is 8.83 Å². The number of aryl methyl sites for hydroxylation is 2. The van der Waals surface area contributed by atoms with Crippen molar-refractivity contribution in [2.45, 2.75) is 31.7 Å². The summed E-state index contributed by atoms with van der Waals surface area (Å²) in [5, 5.41) is 5.77. The third kappa shape index (κ3) is 5.27. The Hall–Kier alpha value is -3.83. The summed E-state index contributed by atoms with van der Waals surface area (Å²) in [4.78, 5) is 2.56. The lowest BCUT2D eigenvalue weighted by molar-refractivity contribution is 0.1000. The number of benzene rings is 4. The number of halogens is 1. The monoisotopic (exact) mass is 576 g/mol. The zero-order valence-corrected chi connectivity index (χ0v) is 24.9. The molecule has 2 fully saturated rings. The molecule has 2 aliphatic heterocycles. The molecule has 214 valence electrons. The number of nitrogens with zero attached hydrogens (tertiary/aromatic N) is 1. The molecule has 0 atom stereocenters. The van der Waals surface area contributed by atoms with Crippen LogP contribution < -0.4 is 5.32 Å². The quantitative estimate of drug-likeness (QED) is 0.223. The fourth-order valence-corrected chi connectivity index (χ4v) is 6.41. The average molecular weight is 577 g/mol. The van der Waals surface area contributed by atoms with E-state index in [1.165, 1.54) is 38.8 Å². The number of likely N-dealkylation sites (tertiary alicyclic amines) is 1. The molecule has 2 aromatic heterocycles. The SMILES string of the molecule is Cc1c(C2CN(C(c3ccccc3)c3ccccc3)C2)oc2ccccc12.Cc1c(C2CNC2)oc2ccccc12.Cl. The van der Waals surface area contributed by atoms with Gasteiger partial charge < -0.3 is 14.2 Å². The van der Waals surface area contributed by atoms with Gasteiger partial charge >= 0.3 is 0 Å². The maximum Gasteiger partial charge on any atom is 0.134 e. The number of furan rings is 2. The second-order valence-electron chi connectivity index (χ2n) is 11.4. The van der Waals surface area contributed by atoms with Gasteiger partial charge in [-0.25, -0.2) is 0 Å². The lowest BCUT2D eigenvalue weighted by Crippen LogP contribution is -2.47. The van der Waals surface area contributed by atoms with Crippen molar-refractivity contribution in [3.63, 3.8) is 0 Å². The third-order valence-electron chi connectivity index (χ3n) is 8.79. The van der Waals surface area contributed by atoms with Gasteiger partial charge in [-0.3, -0.25) is 4.90 Å². The molecule has 0 radical (unpaired) electrons. The van der Waals surface area contributed by atoms with Crippen LogP contribution in [0, 0.1) is 13.8 Å². The summed E-state index contributed by atoms with van der Waals surface area (Å²) in [5.41, 5.74) is 7.34. The van der Waals surface area contributed by atoms with Crippen molar-refractivity contribution in [1.82, 2.24) is 10.2 Å². The topological polar surface area (TPSA) is 41.6 Å². The minimum absolute atomic E-state index is 0. The van der Waals surface area contributed by atoms with Crippen LogP contribution in [0.3, 0.4) is 0 Å². The molecule has 42 heavy (non-hydrogen) atoms. The molecule has 1 N–H and O–H groups in total. The predicted octanol–water partition coefficient (Wildman–Crippen LogP) is 8.78. The van der Waals surface area contributed by atoms with Crippen LogP contribution in [-0.2, 0) is 0 Å². The number of hydrogen-bond donors (Lipinski definition) is 1. The van der Waals surface area contributed by atoms with Gasteiger partial charge in [0.25, 0.3) is 0 Å². The summed E-state index contributed by atoms with van der Waals surface area (Å²) in [6.07, 6.45) is 0. The van der Waals surface area contributed by atoms with E-state index >= 15 is 0 Å². The molecular weight excluding hydrogens is 540 g/mol. The highest BCUT2D eigenvalue weighted by molar-refractivity contribution is 5.85. The third-order valence-corrected chi connectivity index (χ3v) is 8.79. The molecular formula is C37H37ClN2O2. The van der Waals surface area contributed by atoms with Gasteiger partial charge in [-0.1, -0.05) is 97.1 Å². The average Bonchev–Trinajstić information content (AvgIpc) is 3.47. The molecule has 0 amide bonds. The zero-order chi connectivity index (χ0) is 27.8. The van der Waals surface area contributed by atoms with Gasteiger partial charge in [0, 0.05) is 48.8 Å². The predicted molar refractivity (Wildman–Crippen MR) is 174 cm³/mol. The molecule has 4 heterocycles. The Morgan fingerprint density at radius 1 is 0.595 bits per heavy atom. The lowest BCUT2D eigenvalue weighted by Gasteiger charge is -2.44. The van der Waals surface area contributed by atoms with Crippen molar-refractivity contribution < 1.29 is 8.83 Å². The largest absolute Gasteiger partial charge is 0.460 e. The van der Waals surface area contributed by atoms with E-state index in [-0.39, 0.29) is 12.4 Å². The summed E-state index contributed by atoms with van der Waals surface area (Å²) < 4.78 is 12.1. The Morgan fingerprint density at radius 3 is 1.45 bits per heavy atom. The van der Waals surface area contributed by atoms with E-state index in [2.05, 4.69) is 115 Å². The van der Waals surface area contributed by atoms with E-state index in [0.717, 1.165) is 43.1 Å². The molecule has 2 saturated heterocycles. The fraction of sp³-hybridized carbons (Fsp3) is 0.243. The van der Waals surface area contributed by atoms with Crippen LogP contribution >= 0.6 is 12.4 Å². The van der Waals surface area contributed by atoms with Gasteiger partial charge in [0.15, 0.2) is 0 Å². The molecule has 2 aliphatic rings. The lowest BCUT2D eigenvalue weighted by atomic mass is 9.88. The highest BCUT2D eigenvalue weighted by Gasteiger charge is 2.37. The minimum Gasteiger partial charge on any atom is -0.460 e. The summed E-state index contributed by atoms with van der Waals surface area (Å²) in [7, 11) is 0. The van der Waals surface area contributed by atoms with Crippen LogP contribution in [0.4, 0.5) is 0 Å². The number of hydrogen-bond acceptors (Lipinski definition) is 4. The number of fused-ring (bicyclic) bond motifs is 2. The first-order chi connectivity index (χ1) is 20.2. The van der Waals surface area contributed by atoms with Crippen LogP contribution in [0.15, 0.2) is 118 Å². The first kappa shape index (κ1) is 28.3. The standard InChI is InChI=1S/C25H23NO.C12H13NO.ClH/c1-18-22-14-8-9-15-23(22)27-25(18)21-16-26(17-21)24(19-10-4-2-5-11-19)20-12-6-3-7-13-20;1-8-10-4-2-3-5-11(10)14-12(8)9-6-13-7-9;/h2-15,21,24H,16-17H2,1H3;2-5,9,13H,6-7H2,1H3;1H. The molecule has 4 aromatic carbocycles. The molecule has 5 heteroatoms. The van der Waals surface area contributed by atoms with Crippen LogP contribution in [0.25, 0.3) is 21.9 Å².